The van der Waals surface area contributed by atoms with Crippen molar-refractivity contribution >= 4 is 23.2 Å². The smallest absolute Gasteiger partial charge is 0.246 e. The number of hydrogen-bond acceptors (Lipinski definition) is 3. The third-order valence-corrected chi connectivity index (χ3v) is 3.81. The highest BCUT2D eigenvalue weighted by Crippen LogP contribution is 2.30. The Kier molecular flexibility index (Phi) is 5.41. The van der Waals surface area contributed by atoms with E-state index in [0.717, 1.165) is 42.9 Å². The molecule has 120 valence electrons. The van der Waals surface area contributed by atoms with Gasteiger partial charge in [0.25, 0.3) is 0 Å². The predicted molar refractivity (Wildman–Crippen MR) is 89.2 cm³/mol. The van der Waals surface area contributed by atoms with Crippen molar-refractivity contribution in [1.29, 1.82) is 0 Å². The quantitative estimate of drug-likeness (QED) is 0.878. The van der Waals surface area contributed by atoms with Gasteiger partial charge in [0.1, 0.15) is 6.54 Å². The van der Waals surface area contributed by atoms with Gasteiger partial charge in [0.15, 0.2) is 0 Å². The van der Waals surface area contributed by atoms with E-state index in [1.807, 2.05) is 30.0 Å². The van der Waals surface area contributed by atoms with Crippen LogP contribution in [0.1, 0.15) is 32.3 Å². The van der Waals surface area contributed by atoms with Crippen LogP contribution in [0.2, 0.25) is 0 Å². The summed E-state index contributed by atoms with van der Waals surface area (Å²) in [4.78, 5) is 28.2. The Morgan fingerprint density at radius 2 is 1.95 bits per heavy atom. The molecule has 2 amide bonds. The minimum atomic E-state index is -0.0577. The van der Waals surface area contributed by atoms with Gasteiger partial charge in [-0.2, -0.15) is 0 Å². The highest BCUT2D eigenvalue weighted by atomic mass is 16.2. The summed E-state index contributed by atoms with van der Waals surface area (Å²) in [7, 11) is 0. The second kappa shape index (κ2) is 7.29. The van der Waals surface area contributed by atoms with E-state index >= 15 is 0 Å². The molecule has 5 heteroatoms. The molecule has 0 unspecified atom stereocenters. The largest absolute Gasteiger partial charge is 0.374 e. The van der Waals surface area contributed by atoms with Gasteiger partial charge >= 0.3 is 0 Å². The minimum absolute atomic E-state index is 0.0190. The number of fused-ring (bicyclic) bond motifs is 1. The van der Waals surface area contributed by atoms with Gasteiger partial charge in [0.05, 0.1) is 17.9 Å². The average molecular weight is 303 g/mol. The van der Waals surface area contributed by atoms with Crippen molar-refractivity contribution in [2.45, 2.75) is 33.6 Å². The van der Waals surface area contributed by atoms with Crippen LogP contribution < -0.4 is 10.2 Å². The fraction of sp³-hybridized carbons (Fsp3) is 0.529. The first-order valence-corrected chi connectivity index (χ1v) is 7.99. The molecule has 0 fully saturated rings. The zero-order valence-corrected chi connectivity index (χ0v) is 13.7. The van der Waals surface area contributed by atoms with Gasteiger partial charge in [-0.25, -0.2) is 0 Å². The van der Waals surface area contributed by atoms with Gasteiger partial charge in [-0.3, -0.25) is 14.5 Å². The molecule has 1 N–H and O–H groups in total. The number of aryl methyl sites for hydroxylation is 1. The zero-order valence-electron chi connectivity index (χ0n) is 13.7. The molecule has 1 aromatic carbocycles. The molecule has 1 aliphatic heterocycles. The molecule has 0 spiro atoms. The van der Waals surface area contributed by atoms with Crippen molar-refractivity contribution in [3.8, 4) is 0 Å². The summed E-state index contributed by atoms with van der Waals surface area (Å²) in [5, 5.41) is 3.12. The van der Waals surface area contributed by atoms with Gasteiger partial charge in [0, 0.05) is 13.1 Å². The lowest BCUT2D eigenvalue weighted by Crippen LogP contribution is -2.47. The van der Waals surface area contributed by atoms with Crippen molar-refractivity contribution in [3.05, 3.63) is 23.8 Å². The summed E-state index contributed by atoms with van der Waals surface area (Å²) in [5.41, 5.74) is 2.85. The number of rotatable bonds is 6. The lowest BCUT2D eigenvalue weighted by Gasteiger charge is -2.32. The normalized spacial score (nSPS) is 13.6. The molecule has 0 atom stereocenters. The number of nitrogens with zero attached hydrogens (tertiary/aromatic N) is 2. The highest BCUT2D eigenvalue weighted by molar-refractivity contribution is 6.06. The van der Waals surface area contributed by atoms with E-state index in [4.69, 9.17) is 0 Å². The fourth-order valence-electron chi connectivity index (χ4n) is 2.74. The first-order chi connectivity index (χ1) is 10.6. The monoisotopic (exact) mass is 303 g/mol. The zero-order chi connectivity index (χ0) is 16.1. The van der Waals surface area contributed by atoms with Crippen LogP contribution in [0.4, 0.5) is 11.4 Å². The second-order valence-electron chi connectivity index (χ2n) is 5.73. The standard InChI is InChI=1S/C17H25N3O2/c1-4-8-19(9-5-2)17(22)12-20-15-7-6-13(3)10-14(15)18-11-16(20)21/h6-7,10,18H,4-5,8-9,11-12H2,1-3H3. The summed E-state index contributed by atoms with van der Waals surface area (Å²) < 4.78 is 0. The van der Waals surface area contributed by atoms with Gasteiger partial charge in [-0.15, -0.1) is 0 Å². The van der Waals surface area contributed by atoms with E-state index in [1.165, 1.54) is 0 Å². The van der Waals surface area contributed by atoms with Crippen molar-refractivity contribution in [2.24, 2.45) is 0 Å². The maximum Gasteiger partial charge on any atom is 0.246 e. The lowest BCUT2D eigenvalue weighted by atomic mass is 10.1. The molecule has 1 heterocycles. The minimum Gasteiger partial charge on any atom is -0.374 e. The van der Waals surface area contributed by atoms with E-state index < -0.39 is 0 Å². The number of carbonyl (C=O) groups is 2. The maximum atomic E-state index is 12.5. The van der Waals surface area contributed by atoms with E-state index in [0.29, 0.717) is 0 Å². The topological polar surface area (TPSA) is 52.7 Å². The maximum absolute atomic E-state index is 12.5. The van der Waals surface area contributed by atoms with Crippen molar-refractivity contribution in [3.63, 3.8) is 0 Å². The van der Waals surface area contributed by atoms with E-state index in [-0.39, 0.29) is 24.9 Å². The lowest BCUT2D eigenvalue weighted by molar-refractivity contribution is -0.131. The molecule has 0 aromatic heterocycles. The Bertz CT molecular complexity index is 551. The number of carbonyl (C=O) groups excluding carboxylic acids is 2. The summed E-state index contributed by atoms with van der Waals surface area (Å²) in [6, 6.07) is 5.88. The van der Waals surface area contributed by atoms with Crippen LogP contribution in [0.3, 0.4) is 0 Å². The Hall–Kier alpha value is -2.04. The van der Waals surface area contributed by atoms with Crippen LogP contribution >= 0.6 is 0 Å². The van der Waals surface area contributed by atoms with Crippen LogP contribution in [0.25, 0.3) is 0 Å². The third kappa shape index (κ3) is 3.59. The Morgan fingerprint density at radius 3 is 2.59 bits per heavy atom. The van der Waals surface area contributed by atoms with Crippen LogP contribution in [0.15, 0.2) is 18.2 Å². The third-order valence-electron chi connectivity index (χ3n) is 3.81. The van der Waals surface area contributed by atoms with Crippen LogP contribution in [-0.4, -0.2) is 42.9 Å². The summed E-state index contributed by atoms with van der Waals surface area (Å²) >= 11 is 0. The van der Waals surface area contributed by atoms with Crippen molar-refractivity contribution in [1.82, 2.24) is 4.90 Å². The van der Waals surface area contributed by atoms with Gasteiger partial charge in [-0.05, 0) is 37.5 Å². The summed E-state index contributed by atoms with van der Waals surface area (Å²) in [6.45, 7) is 7.98. The molecule has 1 aliphatic rings. The highest BCUT2D eigenvalue weighted by Gasteiger charge is 2.27. The van der Waals surface area contributed by atoms with Gasteiger partial charge < -0.3 is 10.2 Å². The fourth-order valence-corrected chi connectivity index (χ4v) is 2.74. The summed E-state index contributed by atoms with van der Waals surface area (Å²) in [5.74, 6) is -0.0388. The molecule has 2 rings (SSSR count). The molecule has 0 aliphatic carbocycles. The Morgan fingerprint density at radius 1 is 1.27 bits per heavy atom. The number of nitrogens with one attached hydrogen (secondary N) is 1. The predicted octanol–water partition coefficient (Wildman–Crippen LogP) is 2.40. The number of hydrogen-bond donors (Lipinski definition) is 1. The summed E-state index contributed by atoms with van der Waals surface area (Å²) in [6.07, 6.45) is 1.86. The molecule has 0 bridgehead atoms. The van der Waals surface area contributed by atoms with Crippen molar-refractivity contribution < 1.29 is 9.59 Å². The Balaban J connectivity index is 2.18. The molecular weight excluding hydrogens is 278 g/mol. The van der Waals surface area contributed by atoms with E-state index in [2.05, 4.69) is 19.2 Å². The molecule has 0 saturated heterocycles. The SMILES string of the molecule is CCCN(CCC)C(=O)CN1C(=O)CNc2cc(C)ccc21. The molecule has 0 saturated carbocycles. The molecule has 0 radical (unpaired) electrons. The van der Waals surface area contributed by atoms with Gasteiger partial charge in [0.2, 0.25) is 11.8 Å². The van der Waals surface area contributed by atoms with Gasteiger partial charge in [-0.1, -0.05) is 19.9 Å². The molecule has 5 nitrogen and oxygen atoms in total. The van der Waals surface area contributed by atoms with Crippen LogP contribution in [-0.2, 0) is 9.59 Å². The average Bonchev–Trinajstić information content (AvgIpc) is 2.49. The first-order valence-electron chi connectivity index (χ1n) is 7.99. The number of amides is 2. The number of benzene rings is 1. The molecular formula is C17H25N3O2. The molecule has 1 aromatic rings. The van der Waals surface area contributed by atoms with Crippen molar-refractivity contribution in [2.75, 3.05) is 36.4 Å². The van der Waals surface area contributed by atoms with E-state index in [1.54, 1.807) is 4.90 Å². The van der Waals surface area contributed by atoms with E-state index in [9.17, 15) is 9.59 Å². The number of anilines is 2. The first kappa shape index (κ1) is 16.3. The molecule has 22 heavy (non-hydrogen) atoms. The Labute approximate surface area is 132 Å². The van der Waals surface area contributed by atoms with Crippen LogP contribution in [0.5, 0.6) is 0 Å². The van der Waals surface area contributed by atoms with Crippen LogP contribution in [0, 0.1) is 6.92 Å². The second-order valence-corrected chi connectivity index (χ2v) is 5.73.